The second-order valence-corrected chi connectivity index (χ2v) is 5.79. The van der Waals surface area contributed by atoms with Crippen LogP contribution in [0.2, 0.25) is 0 Å². The molecule has 0 spiro atoms. The highest BCUT2D eigenvalue weighted by Gasteiger charge is 2.27. The Bertz CT molecular complexity index is 571. The number of anilines is 1. The number of carbonyl (C=O) groups is 1. The fraction of sp³-hybridized carbons (Fsp3) is 0.600. The molecule has 21 heavy (non-hydrogen) atoms. The molecule has 1 saturated heterocycles. The minimum absolute atomic E-state index is 0.152. The highest BCUT2D eigenvalue weighted by atomic mass is 16.4. The van der Waals surface area contributed by atoms with Crippen LogP contribution < -0.4 is 11.1 Å². The van der Waals surface area contributed by atoms with E-state index < -0.39 is 0 Å². The van der Waals surface area contributed by atoms with Gasteiger partial charge in [-0.05, 0) is 39.7 Å². The average molecular weight is 290 g/mol. The van der Waals surface area contributed by atoms with Crippen LogP contribution in [0.15, 0.2) is 4.42 Å². The normalized spacial score (nSPS) is 20.2. The van der Waals surface area contributed by atoms with Gasteiger partial charge in [0.25, 0.3) is 0 Å². The summed E-state index contributed by atoms with van der Waals surface area (Å²) in [7, 11) is 0. The highest BCUT2D eigenvalue weighted by Crippen LogP contribution is 2.25. The minimum atomic E-state index is -0.162. The summed E-state index contributed by atoms with van der Waals surface area (Å²) in [6.45, 7) is 7.60. The molecule has 1 amide bonds. The molecule has 6 heteroatoms. The summed E-state index contributed by atoms with van der Waals surface area (Å²) in [4.78, 5) is 14.2. The number of nitrogens with two attached hydrogens (primary N) is 1. The zero-order chi connectivity index (χ0) is 15.6. The van der Waals surface area contributed by atoms with Gasteiger partial charge in [-0.15, -0.1) is 0 Å². The van der Waals surface area contributed by atoms with E-state index in [1.807, 2.05) is 6.92 Å². The Labute approximate surface area is 124 Å². The van der Waals surface area contributed by atoms with Crippen molar-refractivity contribution >= 4 is 11.8 Å². The standard InChI is InChI=1S/C15H22N4O2/c1-9-11(3)21-15(13(9)6-16)18-14(20)8-19-5-4-12(7-19)10(2)17/h10,12H,4-5,7-8,17H2,1-3H3,(H,18,20). The topological polar surface area (TPSA) is 95.3 Å². The van der Waals surface area contributed by atoms with Gasteiger partial charge in [0.05, 0.1) is 6.54 Å². The molecule has 0 radical (unpaired) electrons. The largest absolute Gasteiger partial charge is 0.444 e. The van der Waals surface area contributed by atoms with Crippen LogP contribution in [-0.4, -0.2) is 36.5 Å². The summed E-state index contributed by atoms with van der Waals surface area (Å²) in [6, 6.07) is 2.22. The van der Waals surface area contributed by atoms with Gasteiger partial charge >= 0.3 is 0 Å². The number of aryl methyl sites for hydroxylation is 1. The summed E-state index contributed by atoms with van der Waals surface area (Å²) >= 11 is 0. The molecule has 2 atom stereocenters. The predicted octanol–water partition coefficient (Wildman–Crippen LogP) is 1.38. The number of rotatable bonds is 4. The fourth-order valence-electron chi connectivity index (χ4n) is 2.65. The lowest BCUT2D eigenvalue weighted by Gasteiger charge is -2.17. The maximum Gasteiger partial charge on any atom is 0.240 e. The van der Waals surface area contributed by atoms with Crippen molar-refractivity contribution < 1.29 is 9.21 Å². The molecule has 1 aliphatic heterocycles. The Morgan fingerprint density at radius 3 is 2.90 bits per heavy atom. The number of amides is 1. The second kappa shape index (κ2) is 6.29. The molecule has 6 nitrogen and oxygen atoms in total. The summed E-state index contributed by atoms with van der Waals surface area (Å²) in [5.74, 6) is 1.19. The molecule has 2 rings (SSSR count). The molecule has 0 aromatic carbocycles. The SMILES string of the molecule is Cc1oc(NC(=O)CN2CCC(C(C)N)C2)c(C#N)c1C. The fourth-order valence-corrected chi connectivity index (χ4v) is 2.65. The molecule has 2 unspecified atom stereocenters. The molecule has 3 N–H and O–H groups in total. The van der Waals surface area contributed by atoms with Crippen LogP contribution >= 0.6 is 0 Å². The Balaban J connectivity index is 1.94. The van der Waals surface area contributed by atoms with Gasteiger partial charge in [-0.1, -0.05) is 0 Å². The number of hydrogen-bond donors (Lipinski definition) is 2. The summed E-state index contributed by atoms with van der Waals surface area (Å²) in [5, 5.41) is 11.8. The summed E-state index contributed by atoms with van der Waals surface area (Å²) in [5.41, 5.74) is 7.06. The van der Waals surface area contributed by atoms with E-state index in [1.165, 1.54) is 0 Å². The van der Waals surface area contributed by atoms with Crippen LogP contribution in [0.1, 0.15) is 30.2 Å². The van der Waals surface area contributed by atoms with E-state index in [2.05, 4.69) is 16.3 Å². The van der Waals surface area contributed by atoms with Gasteiger partial charge in [0.2, 0.25) is 11.8 Å². The number of likely N-dealkylation sites (tertiary alicyclic amines) is 1. The minimum Gasteiger partial charge on any atom is -0.444 e. The van der Waals surface area contributed by atoms with Crippen molar-refractivity contribution in [3.05, 3.63) is 16.9 Å². The second-order valence-electron chi connectivity index (χ2n) is 5.79. The average Bonchev–Trinajstić information content (AvgIpc) is 2.96. The lowest BCUT2D eigenvalue weighted by Crippen LogP contribution is -2.34. The Morgan fingerprint density at radius 2 is 2.33 bits per heavy atom. The molecule has 2 heterocycles. The third-order valence-electron chi connectivity index (χ3n) is 4.17. The summed E-state index contributed by atoms with van der Waals surface area (Å²) in [6.07, 6.45) is 1.02. The third kappa shape index (κ3) is 3.43. The van der Waals surface area contributed by atoms with Gasteiger partial charge in [0.15, 0.2) is 0 Å². The Hall–Kier alpha value is -1.84. The van der Waals surface area contributed by atoms with Crippen molar-refractivity contribution in [2.24, 2.45) is 11.7 Å². The van der Waals surface area contributed by atoms with Crippen molar-refractivity contribution in [2.45, 2.75) is 33.2 Å². The van der Waals surface area contributed by atoms with Crippen LogP contribution in [0.3, 0.4) is 0 Å². The number of furan rings is 1. The van der Waals surface area contributed by atoms with E-state index in [1.54, 1.807) is 13.8 Å². The molecular formula is C15H22N4O2. The predicted molar refractivity (Wildman–Crippen MR) is 79.7 cm³/mol. The number of carbonyl (C=O) groups excluding carboxylic acids is 1. The number of hydrogen-bond acceptors (Lipinski definition) is 5. The van der Waals surface area contributed by atoms with Crippen molar-refractivity contribution in [3.63, 3.8) is 0 Å². The van der Waals surface area contributed by atoms with Crippen LogP contribution in [-0.2, 0) is 4.79 Å². The van der Waals surface area contributed by atoms with Crippen molar-refractivity contribution in [3.8, 4) is 6.07 Å². The van der Waals surface area contributed by atoms with Gasteiger partial charge < -0.3 is 10.2 Å². The molecule has 1 aromatic heterocycles. The molecule has 1 fully saturated rings. The first-order valence-corrected chi connectivity index (χ1v) is 7.20. The third-order valence-corrected chi connectivity index (χ3v) is 4.17. The van der Waals surface area contributed by atoms with Crippen molar-refractivity contribution in [2.75, 3.05) is 25.0 Å². The van der Waals surface area contributed by atoms with Crippen LogP contribution in [0.5, 0.6) is 0 Å². The maximum atomic E-state index is 12.1. The zero-order valence-electron chi connectivity index (χ0n) is 12.8. The first-order chi connectivity index (χ1) is 9.92. The molecule has 0 saturated carbocycles. The van der Waals surface area contributed by atoms with Gasteiger partial charge in [0.1, 0.15) is 17.4 Å². The van der Waals surface area contributed by atoms with E-state index >= 15 is 0 Å². The van der Waals surface area contributed by atoms with Crippen LogP contribution in [0, 0.1) is 31.1 Å². The number of nitrogens with one attached hydrogen (secondary N) is 1. The van der Waals surface area contributed by atoms with E-state index in [0.29, 0.717) is 23.8 Å². The lowest BCUT2D eigenvalue weighted by molar-refractivity contribution is -0.117. The van der Waals surface area contributed by atoms with Gasteiger partial charge in [0, 0.05) is 18.2 Å². The number of nitrogens with zero attached hydrogens (tertiary/aromatic N) is 2. The molecule has 1 aromatic rings. The van der Waals surface area contributed by atoms with Crippen molar-refractivity contribution in [1.29, 1.82) is 5.26 Å². The molecule has 1 aliphatic rings. The lowest BCUT2D eigenvalue weighted by atomic mass is 10.0. The Kier molecular flexibility index (Phi) is 4.66. The zero-order valence-corrected chi connectivity index (χ0v) is 12.8. The van der Waals surface area contributed by atoms with Gasteiger partial charge in [-0.2, -0.15) is 5.26 Å². The van der Waals surface area contributed by atoms with Crippen molar-refractivity contribution in [1.82, 2.24) is 4.90 Å². The van der Waals surface area contributed by atoms with Gasteiger partial charge in [-0.3, -0.25) is 15.0 Å². The molecular weight excluding hydrogens is 268 g/mol. The molecule has 114 valence electrons. The maximum absolute atomic E-state index is 12.1. The van der Waals surface area contributed by atoms with E-state index in [-0.39, 0.29) is 17.8 Å². The summed E-state index contributed by atoms with van der Waals surface area (Å²) < 4.78 is 5.44. The van der Waals surface area contributed by atoms with Crippen LogP contribution in [0.25, 0.3) is 0 Å². The van der Waals surface area contributed by atoms with Crippen LogP contribution in [0.4, 0.5) is 5.88 Å². The Morgan fingerprint density at radius 1 is 1.62 bits per heavy atom. The first-order valence-electron chi connectivity index (χ1n) is 7.20. The quantitative estimate of drug-likeness (QED) is 0.873. The number of nitriles is 1. The molecule has 0 bridgehead atoms. The van der Waals surface area contributed by atoms with E-state index in [0.717, 1.165) is 25.1 Å². The smallest absolute Gasteiger partial charge is 0.240 e. The molecule has 0 aliphatic carbocycles. The highest BCUT2D eigenvalue weighted by molar-refractivity contribution is 5.92. The van der Waals surface area contributed by atoms with E-state index in [9.17, 15) is 4.79 Å². The monoisotopic (exact) mass is 290 g/mol. The first kappa shape index (κ1) is 15.5. The van der Waals surface area contributed by atoms with E-state index in [4.69, 9.17) is 15.4 Å². The van der Waals surface area contributed by atoms with Gasteiger partial charge in [-0.25, -0.2) is 0 Å².